The van der Waals surface area contributed by atoms with E-state index in [4.69, 9.17) is 4.74 Å². The third-order valence-electron chi connectivity index (χ3n) is 2.98. The molecule has 4 nitrogen and oxygen atoms in total. The molecule has 0 aliphatic carbocycles. The molecule has 102 valence electrons. The van der Waals surface area contributed by atoms with Crippen molar-refractivity contribution in [2.45, 2.75) is 26.7 Å². The Kier molecular flexibility index (Phi) is 4.44. The maximum absolute atomic E-state index is 10.9. The Balaban J connectivity index is 2.12. The van der Waals surface area contributed by atoms with Crippen molar-refractivity contribution in [3.63, 3.8) is 0 Å². The van der Waals surface area contributed by atoms with E-state index in [1.807, 2.05) is 18.3 Å². The summed E-state index contributed by atoms with van der Waals surface area (Å²) in [5, 5.41) is 3.98. The highest BCUT2D eigenvalue weighted by Gasteiger charge is 2.05. The molecule has 0 bridgehead atoms. The summed E-state index contributed by atoms with van der Waals surface area (Å²) in [6.45, 7) is 5.01. The van der Waals surface area contributed by atoms with Crippen LogP contribution < -0.4 is 10.1 Å². The van der Waals surface area contributed by atoms with E-state index in [0.29, 0.717) is 6.54 Å². The minimum absolute atomic E-state index is 0.00631. The van der Waals surface area contributed by atoms with E-state index in [2.05, 4.69) is 23.3 Å². The van der Waals surface area contributed by atoms with Crippen LogP contribution in [-0.2, 0) is 11.2 Å². The van der Waals surface area contributed by atoms with Gasteiger partial charge >= 0.3 is 0 Å². The number of fused-ring (bicyclic) bond motifs is 1. The van der Waals surface area contributed by atoms with Gasteiger partial charge in [0.2, 0.25) is 5.91 Å². The number of hydrogen-bond acceptors (Lipinski definition) is 2. The van der Waals surface area contributed by atoms with Crippen LogP contribution >= 0.6 is 0 Å². The number of nitrogens with one attached hydrogen (secondary N) is 2. The number of rotatable bonds is 6. The van der Waals surface area contributed by atoms with Crippen molar-refractivity contribution in [3.8, 4) is 5.75 Å². The van der Waals surface area contributed by atoms with Crippen LogP contribution in [0.1, 0.15) is 25.8 Å². The molecule has 0 saturated heterocycles. The van der Waals surface area contributed by atoms with E-state index in [9.17, 15) is 4.79 Å². The fourth-order valence-electron chi connectivity index (χ4n) is 2.05. The number of aromatic nitrogens is 1. The Morgan fingerprint density at radius 3 is 3.00 bits per heavy atom. The van der Waals surface area contributed by atoms with Gasteiger partial charge in [-0.3, -0.25) is 4.79 Å². The van der Waals surface area contributed by atoms with E-state index >= 15 is 0 Å². The predicted molar refractivity (Wildman–Crippen MR) is 76.5 cm³/mol. The summed E-state index contributed by atoms with van der Waals surface area (Å²) in [6.07, 6.45) is 3.81. The van der Waals surface area contributed by atoms with E-state index in [1.54, 1.807) is 0 Å². The molecule has 0 atom stereocenters. The minimum Gasteiger partial charge on any atom is -0.494 e. The lowest BCUT2D eigenvalue weighted by molar-refractivity contribution is -0.118. The topological polar surface area (TPSA) is 54.1 Å². The molecule has 2 N–H and O–H groups in total. The number of carbonyl (C=O) groups excluding carboxylic acids is 1. The van der Waals surface area contributed by atoms with Crippen LogP contribution in [-0.4, -0.2) is 24.0 Å². The summed E-state index contributed by atoms with van der Waals surface area (Å²) in [7, 11) is 0. The van der Waals surface area contributed by atoms with Crippen molar-refractivity contribution in [2.24, 2.45) is 0 Å². The highest BCUT2D eigenvalue weighted by Crippen LogP contribution is 2.24. The van der Waals surface area contributed by atoms with Gasteiger partial charge in [0.05, 0.1) is 6.61 Å². The van der Waals surface area contributed by atoms with Crippen LogP contribution in [0.2, 0.25) is 0 Å². The molecule has 2 rings (SSSR count). The van der Waals surface area contributed by atoms with Crippen LogP contribution in [0.5, 0.6) is 5.75 Å². The van der Waals surface area contributed by atoms with Gasteiger partial charge in [-0.05, 0) is 36.6 Å². The lowest BCUT2D eigenvalue weighted by Gasteiger charge is -2.05. The summed E-state index contributed by atoms with van der Waals surface area (Å²) in [5.74, 6) is 0.904. The molecule has 1 heterocycles. The first-order valence-corrected chi connectivity index (χ1v) is 6.68. The van der Waals surface area contributed by atoms with E-state index < -0.39 is 0 Å². The second-order valence-electron chi connectivity index (χ2n) is 4.60. The normalized spacial score (nSPS) is 10.6. The van der Waals surface area contributed by atoms with Gasteiger partial charge in [-0.15, -0.1) is 0 Å². The van der Waals surface area contributed by atoms with Crippen LogP contribution in [0.4, 0.5) is 0 Å². The Morgan fingerprint density at radius 2 is 2.26 bits per heavy atom. The molecule has 0 spiro atoms. The smallest absolute Gasteiger partial charge is 0.216 e. The van der Waals surface area contributed by atoms with Crippen LogP contribution in [0.25, 0.3) is 10.9 Å². The van der Waals surface area contributed by atoms with Gasteiger partial charge in [0.15, 0.2) is 0 Å². The SMILES string of the molecule is CCCOc1ccc2[nH]cc(CCNC(C)=O)c2c1. The summed E-state index contributed by atoms with van der Waals surface area (Å²) < 4.78 is 5.65. The fourth-order valence-corrected chi connectivity index (χ4v) is 2.05. The van der Waals surface area contributed by atoms with Gasteiger partial charge in [-0.2, -0.15) is 0 Å². The molecule has 0 radical (unpaired) electrons. The molecule has 0 unspecified atom stereocenters. The zero-order valence-electron chi connectivity index (χ0n) is 11.5. The highest BCUT2D eigenvalue weighted by atomic mass is 16.5. The average molecular weight is 260 g/mol. The average Bonchev–Trinajstić information content (AvgIpc) is 2.79. The zero-order valence-corrected chi connectivity index (χ0v) is 11.5. The maximum Gasteiger partial charge on any atom is 0.216 e. The van der Waals surface area contributed by atoms with Gasteiger partial charge in [0.25, 0.3) is 0 Å². The Bertz CT molecular complexity index is 560. The van der Waals surface area contributed by atoms with Crippen molar-refractivity contribution < 1.29 is 9.53 Å². The molecule has 1 aromatic carbocycles. The minimum atomic E-state index is 0.00631. The number of carbonyl (C=O) groups is 1. The quantitative estimate of drug-likeness (QED) is 0.839. The molecule has 0 saturated carbocycles. The number of hydrogen-bond donors (Lipinski definition) is 2. The monoisotopic (exact) mass is 260 g/mol. The second-order valence-corrected chi connectivity index (χ2v) is 4.60. The number of benzene rings is 1. The molecule has 0 aliphatic rings. The number of H-pyrrole nitrogens is 1. The zero-order chi connectivity index (χ0) is 13.7. The van der Waals surface area contributed by atoms with Crippen LogP contribution in [0.15, 0.2) is 24.4 Å². The van der Waals surface area contributed by atoms with Gasteiger partial charge in [-0.1, -0.05) is 6.92 Å². The first-order chi connectivity index (χ1) is 9.20. The number of ether oxygens (including phenoxy) is 1. The van der Waals surface area contributed by atoms with Gasteiger partial charge in [0.1, 0.15) is 5.75 Å². The molecule has 19 heavy (non-hydrogen) atoms. The molecule has 1 aromatic heterocycles. The van der Waals surface area contributed by atoms with Crippen molar-refractivity contribution in [1.29, 1.82) is 0 Å². The molecule has 0 aliphatic heterocycles. The fraction of sp³-hybridized carbons (Fsp3) is 0.400. The van der Waals surface area contributed by atoms with Gasteiger partial charge in [-0.25, -0.2) is 0 Å². The molecular weight excluding hydrogens is 240 g/mol. The lowest BCUT2D eigenvalue weighted by Crippen LogP contribution is -2.22. The predicted octanol–water partition coefficient (Wildman–Crippen LogP) is 2.64. The van der Waals surface area contributed by atoms with Gasteiger partial charge < -0.3 is 15.0 Å². The van der Waals surface area contributed by atoms with E-state index in [0.717, 1.165) is 30.7 Å². The molecule has 1 amide bonds. The Hall–Kier alpha value is -1.97. The summed E-state index contributed by atoms with van der Waals surface area (Å²) >= 11 is 0. The standard InChI is InChI=1S/C15H20N2O2/c1-3-8-19-13-4-5-15-14(9-13)12(10-17-15)6-7-16-11(2)18/h4-5,9-10,17H,3,6-8H2,1-2H3,(H,16,18). The summed E-state index contributed by atoms with van der Waals surface area (Å²) in [4.78, 5) is 14.1. The Labute approximate surface area is 113 Å². The molecule has 0 fully saturated rings. The van der Waals surface area contributed by atoms with Crippen LogP contribution in [0.3, 0.4) is 0 Å². The van der Waals surface area contributed by atoms with Crippen molar-refractivity contribution in [1.82, 2.24) is 10.3 Å². The lowest BCUT2D eigenvalue weighted by atomic mass is 10.1. The molecular formula is C15H20N2O2. The van der Waals surface area contributed by atoms with Crippen molar-refractivity contribution in [3.05, 3.63) is 30.0 Å². The first-order valence-electron chi connectivity index (χ1n) is 6.68. The van der Waals surface area contributed by atoms with Crippen molar-refractivity contribution >= 4 is 16.8 Å². The number of aromatic amines is 1. The molecule has 2 aromatic rings. The highest BCUT2D eigenvalue weighted by molar-refractivity contribution is 5.84. The molecule has 4 heteroatoms. The first kappa shape index (κ1) is 13.5. The largest absolute Gasteiger partial charge is 0.494 e. The summed E-state index contributed by atoms with van der Waals surface area (Å²) in [6, 6.07) is 6.07. The van der Waals surface area contributed by atoms with E-state index in [1.165, 1.54) is 17.9 Å². The van der Waals surface area contributed by atoms with Crippen molar-refractivity contribution in [2.75, 3.05) is 13.2 Å². The number of amides is 1. The second kappa shape index (κ2) is 6.27. The van der Waals surface area contributed by atoms with Crippen LogP contribution in [0, 0.1) is 0 Å². The third kappa shape index (κ3) is 3.50. The summed E-state index contributed by atoms with van der Waals surface area (Å²) in [5.41, 5.74) is 2.30. The Morgan fingerprint density at radius 1 is 1.42 bits per heavy atom. The maximum atomic E-state index is 10.9. The third-order valence-corrected chi connectivity index (χ3v) is 2.98. The van der Waals surface area contributed by atoms with E-state index in [-0.39, 0.29) is 5.91 Å². The van der Waals surface area contributed by atoms with Gasteiger partial charge in [0, 0.05) is 30.6 Å².